The van der Waals surface area contributed by atoms with Crippen LogP contribution in [-0.4, -0.2) is 34.0 Å². The second-order valence-electron chi connectivity index (χ2n) is 11.3. The number of carbonyl (C=O) groups excluding carboxylic acids is 2. The third-order valence-electron chi connectivity index (χ3n) is 6.92. The lowest BCUT2D eigenvalue weighted by atomic mass is 9.85. The van der Waals surface area contributed by atoms with Gasteiger partial charge in [0.1, 0.15) is 6.04 Å². The Morgan fingerprint density at radius 3 is 2.10 bits per heavy atom. The molecule has 0 radical (unpaired) electrons. The normalized spacial score (nSPS) is 13.6. The SMILES string of the molecule is CC(O)c1cccc(NC(=O)C(NC(=O)C(CCCc2ccc(-c3ccccc3)cc2)CC(=O)O)C(C)(C)C)c1. The van der Waals surface area contributed by atoms with Crippen LogP contribution in [0.1, 0.15) is 64.2 Å². The minimum atomic E-state index is -1.06. The second-order valence-corrected chi connectivity index (χ2v) is 11.3. The summed E-state index contributed by atoms with van der Waals surface area (Å²) in [7, 11) is 0. The number of hydrogen-bond acceptors (Lipinski definition) is 4. The Hall–Kier alpha value is -3.97. The topological polar surface area (TPSA) is 116 Å². The number of hydrogen-bond donors (Lipinski definition) is 4. The van der Waals surface area contributed by atoms with Crippen molar-refractivity contribution in [1.82, 2.24) is 5.32 Å². The number of amides is 2. The predicted molar refractivity (Wildman–Crippen MR) is 158 cm³/mol. The molecule has 3 atom stereocenters. The average molecular weight is 545 g/mol. The number of aryl methyl sites for hydroxylation is 1. The fourth-order valence-corrected chi connectivity index (χ4v) is 4.61. The molecule has 3 rings (SSSR count). The van der Waals surface area contributed by atoms with Gasteiger partial charge >= 0.3 is 5.97 Å². The summed E-state index contributed by atoms with van der Waals surface area (Å²) < 4.78 is 0. The average Bonchev–Trinajstić information content (AvgIpc) is 2.91. The molecule has 3 aromatic carbocycles. The van der Waals surface area contributed by atoms with Crippen molar-refractivity contribution in [2.75, 3.05) is 5.32 Å². The number of carboxylic acid groups (broad SMARTS) is 1. The quantitative estimate of drug-likeness (QED) is 0.224. The molecule has 2 amide bonds. The zero-order chi connectivity index (χ0) is 29.3. The van der Waals surface area contributed by atoms with Gasteiger partial charge in [-0.1, -0.05) is 87.5 Å². The van der Waals surface area contributed by atoms with Crippen LogP contribution in [0.5, 0.6) is 0 Å². The maximum absolute atomic E-state index is 13.3. The summed E-state index contributed by atoms with van der Waals surface area (Å²) in [5, 5.41) is 25.0. The standard InChI is InChI=1S/C33H40N2O5/c1-22(36)26-13-9-15-28(20-26)34-32(40)30(33(2,3)4)35-31(39)27(21-29(37)38)14-8-10-23-16-18-25(19-17-23)24-11-6-5-7-12-24/h5-7,9,11-13,15-20,22,27,30,36H,8,10,14,21H2,1-4H3,(H,34,40)(H,35,39)(H,37,38). The maximum atomic E-state index is 13.3. The molecule has 0 fully saturated rings. The van der Waals surface area contributed by atoms with Gasteiger partial charge in [0.2, 0.25) is 11.8 Å². The first-order valence-electron chi connectivity index (χ1n) is 13.7. The summed E-state index contributed by atoms with van der Waals surface area (Å²) in [6.45, 7) is 7.17. The minimum absolute atomic E-state index is 0.312. The van der Waals surface area contributed by atoms with E-state index in [1.807, 2.05) is 39.0 Å². The highest BCUT2D eigenvalue weighted by Gasteiger charge is 2.35. The van der Waals surface area contributed by atoms with Gasteiger partial charge < -0.3 is 20.8 Å². The van der Waals surface area contributed by atoms with Crippen LogP contribution in [-0.2, 0) is 20.8 Å². The number of rotatable bonds is 12. The molecular weight excluding hydrogens is 504 g/mol. The number of carboxylic acids is 1. The van der Waals surface area contributed by atoms with Gasteiger partial charge in [-0.05, 0) is 66.0 Å². The molecule has 0 bridgehead atoms. The highest BCUT2D eigenvalue weighted by atomic mass is 16.4. The summed E-state index contributed by atoms with van der Waals surface area (Å²) >= 11 is 0. The van der Waals surface area contributed by atoms with Crippen molar-refractivity contribution in [3.05, 3.63) is 90.0 Å². The Balaban J connectivity index is 1.64. The Kier molecular flexibility index (Phi) is 10.6. The van der Waals surface area contributed by atoms with Gasteiger partial charge in [-0.25, -0.2) is 0 Å². The van der Waals surface area contributed by atoms with E-state index in [4.69, 9.17) is 0 Å². The van der Waals surface area contributed by atoms with Gasteiger partial charge in [0.25, 0.3) is 0 Å². The molecule has 0 heterocycles. The van der Waals surface area contributed by atoms with E-state index in [9.17, 15) is 24.6 Å². The minimum Gasteiger partial charge on any atom is -0.481 e. The summed E-state index contributed by atoms with van der Waals surface area (Å²) in [5.74, 6) is -2.68. The largest absolute Gasteiger partial charge is 0.481 e. The van der Waals surface area contributed by atoms with Crippen molar-refractivity contribution in [3.63, 3.8) is 0 Å². The fourth-order valence-electron chi connectivity index (χ4n) is 4.61. The van der Waals surface area contributed by atoms with E-state index >= 15 is 0 Å². The molecule has 0 saturated carbocycles. The van der Waals surface area contributed by atoms with Crippen LogP contribution in [0.2, 0.25) is 0 Å². The predicted octanol–water partition coefficient (Wildman–Crippen LogP) is 5.99. The zero-order valence-electron chi connectivity index (χ0n) is 23.7. The van der Waals surface area contributed by atoms with E-state index < -0.39 is 41.3 Å². The first-order valence-corrected chi connectivity index (χ1v) is 13.7. The maximum Gasteiger partial charge on any atom is 0.304 e. The monoisotopic (exact) mass is 544 g/mol. The van der Waals surface area contributed by atoms with Crippen molar-refractivity contribution < 1.29 is 24.6 Å². The van der Waals surface area contributed by atoms with Gasteiger partial charge in [-0.3, -0.25) is 14.4 Å². The Bertz CT molecular complexity index is 1280. The molecule has 4 N–H and O–H groups in total. The third-order valence-corrected chi connectivity index (χ3v) is 6.92. The lowest BCUT2D eigenvalue weighted by molar-refractivity contribution is -0.141. The van der Waals surface area contributed by atoms with Crippen LogP contribution < -0.4 is 10.6 Å². The number of aliphatic carboxylic acids is 1. The summed E-state index contributed by atoms with van der Waals surface area (Å²) in [6, 6.07) is 24.3. The number of carbonyl (C=O) groups is 3. The summed E-state index contributed by atoms with van der Waals surface area (Å²) in [4.78, 5) is 38.1. The van der Waals surface area contributed by atoms with Crippen molar-refractivity contribution in [3.8, 4) is 11.1 Å². The summed E-state index contributed by atoms with van der Waals surface area (Å²) in [5.41, 5.74) is 3.91. The first-order chi connectivity index (χ1) is 18.9. The highest BCUT2D eigenvalue weighted by Crippen LogP contribution is 2.25. The first kappa shape index (κ1) is 30.6. The molecule has 0 aliphatic heterocycles. The van der Waals surface area contributed by atoms with Gasteiger partial charge in [-0.2, -0.15) is 0 Å². The molecule has 7 nitrogen and oxygen atoms in total. The molecule has 40 heavy (non-hydrogen) atoms. The molecule has 212 valence electrons. The number of anilines is 1. The van der Waals surface area contributed by atoms with Crippen LogP contribution in [0.4, 0.5) is 5.69 Å². The number of aliphatic hydroxyl groups excluding tert-OH is 1. The molecule has 0 aromatic heterocycles. The van der Waals surface area contributed by atoms with Crippen LogP contribution in [0.3, 0.4) is 0 Å². The number of nitrogens with one attached hydrogen (secondary N) is 2. The van der Waals surface area contributed by atoms with E-state index in [0.717, 1.165) is 16.7 Å². The van der Waals surface area contributed by atoms with E-state index in [-0.39, 0.29) is 6.42 Å². The van der Waals surface area contributed by atoms with Crippen LogP contribution in [0, 0.1) is 11.3 Å². The molecular formula is C33H40N2O5. The van der Waals surface area contributed by atoms with Gasteiger partial charge in [0.05, 0.1) is 12.5 Å². The Morgan fingerprint density at radius 1 is 0.850 bits per heavy atom. The zero-order valence-corrected chi connectivity index (χ0v) is 23.7. The van der Waals surface area contributed by atoms with Gasteiger partial charge in [0, 0.05) is 11.6 Å². The van der Waals surface area contributed by atoms with Crippen LogP contribution in [0.15, 0.2) is 78.9 Å². The smallest absolute Gasteiger partial charge is 0.304 e. The van der Waals surface area contributed by atoms with Crippen LogP contribution in [0.25, 0.3) is 11.1 Å². The molecule has 3 aromatic rings. The molecule has 3 unspecified atom stereocenters. The second kappa shape index (κ2) is 13.9. The van der Waals surface area contributed by atoms with Crippen molar-refractivity contribution in [1.29, 1.82) is 0 Å². The molecule has 0 saturated heterocycles. The van der Waals surface area contributed by atoms with Gasteiger partial charge in [0.15, 0.2) is 0 Å². The lowest BCUT2D eigenvalue weighted by Gasteiger charge is -2.31. The van der Waals surface area contributed by atoms with Crippen molar-refractivity contribution in [2.24, 2.45) is 11.3 Å². The Morgan fingerprint density at radius 2 is 1.50 bits per heavy atom. The Labute approximate surface area is 236 Å². The summed E-state index contributed by atoms with van der Waals surface area (Å²) in [6.07, 6.45) is 0.727. The van der Waals surface area contributed by atoms with E-state index in [1.165, 1.54) is 0 Å². The molecule has 0 spiro atoms. The van der Waals surface area contributed by atoms with E-state index in [1.54, 1.807) is 31.2 Å². The van der Waals surface area contributed by atoms with E-state index in [0.29, 0.717) is 30.5 Å². The highest BCUT2D eigenvalue weighted by molar-refractivity contribution is 5.98. The van der Waals surface area contributed by atoms with Crippen molar-refractivity contribution >= 4 is 23.5 Å². The fraction of sp³-hybridized carbons (Fsp3) is 0.364. The molecule has 7 heteroatoms. The van der Waals surface area contributed by atoms with E-state index in [2.05, 4.69) is 47.0 Å². The number of benzene rings is 3. The van der Waals surface area contributed by atoms with Gasteiger partial charge in [-0.15, -0.1) is 0 Å². The number of aliphatic hydroxyl groups is 1. The molecule has 0 aliphatic rings. The van der Waals surface area contributed by atoms with Crippen LogP contribution >= 0.6 is 0 Å². The third kappa shape index (κ3) is 9.06. The van der Waals surface area contributed by atoms with Crippen molar-refractivity contribution in [2.45, 2.75) is 65.5 Å². The lowest BCUT2D eigenvalue weighted by Crippen LogP contribution is -2.53. The molecule has 0 aliphatic carbocycles.